The Kier molecular flexibility index (Phi) is 2.20. The lowest BCUT2D eigenvalue weighted by Gasteiger charge is -1.96. The van der Waals surface area contributed by atoms with Crippen LogP contribution in [0.5, 0.6) is 0 Å². The Morgan fingerprint density at radius 2 is 2.21 bits per heavy atom. The Labute approximate surface area is 87.0 Å². The molecule has 72 valence electrons. The molecule has 4 nitrogen and oxygen atoms in total. The first-order valence-electron chi connectivity index (χ1n) is 3.71. The van der Waals surface area contributed by atoms with Gasteiger partial charge < -0.3 is 10.3 Å². The van der Waals surface area contributed by atoms with Gasteiger partial charge in [-0.1, -0.05) is 15.9 Å². The number of hydrogen-bond acceptors (Lipinski definition) is 4. The second-order valence-corrected chi connectivity index (χ2v) is 3.50. The fourth-order valence-electron chi connectivity index (χ4n) is 1.01. The van der Waals surface area contributed by atoms with Gasteiger partial charge in [-0.3, -0.25) is 0 Å². The van der Waals surface area contributed by atoms with Crippen molar-refractivity contribution in [3.63, 3.8) is 0 Å². The summed E-state index contributed by atoms with van der Waals surface area (Å²) in [4.78, 5) is 3.72. The van der Waals surface area contributed by atoms with Crippen LogP contribution in [0.25, 0.3) is 11.5 Å². The van der Waals surface area contributed by atoms with E-state index >= 15 is 0 Å². The number of halogens is 2. The summed E-state index contributed by atoms with van der Waals surface area (Å²) in [7, 11) is 0. The Morgan fingerprint density at radius 1 is 1.43 bits per heavy atom. The van der Waals surface area contributed by atoms with Gasteiger partial charge in [-0.05, 0) is 23.4 Å². The van der Waals surface area contributed by atoms with Crippen LogP contribution in [0.3, 0.4) is 0 Å². The van der Waals surface area contributed by atoms with E-state index in [1.165, 1.54) is 12.1 Å². The summed E-state index contributed by atoms with van der Waals surface area (Å²) in [6.45, 7) is 0. The standard InChI is InChI=1S/C8H5BrFN3O/c9-4-1-2-5(6(10)3-4)7-12-8(11)13-14-7/h1-3H,(H2,11,13). The first-order chi connectivity index (χ1) is 6.66. The quantitative estimate of drug-likeness (QED) is 0.851. The molecule has 0 aliphatic heterocycles. The van der Waals surface area contributed by atoms with Crippen LogP contribution in [-0.4, -0.2) is 10.1 Å². The van der Waals surface area contributed by atoms with Gasteiger partial charge in [-0.2, -0.15) is 4.98 Å². The molecule has 0 amide bonds. The monoisotopic (exact) mass is 257 g/mol. The van der Waals surface area contributed by atoms with Gasteiger partial charge in [-0.15, -0.1) is 0 Å². The van der Waals surface area contributed by atoms with E-state index in [0.29, 0.717) is 4.47 Å². The molecule has 2 N–H and O–H groups in total. The van der Waals surface area contributed by atoms with Gasteiger partial charge in [0.1, 0.15) is 5.82 Å². The van der Waals surface area contributed by atoms with Crippen LogP contribution in [0.2, 0.25) is 0 Å². The van der Waals surface area contributed by atoms with Crippen molar-refractivity contribution in [1.82, 2.24) is 10.1 Å². The summed E-state index contributed by atoms with van der Waals surface area (Å²) >= 11 is 3.14. The summed E-state index contributed by atoms with van der Waals surface area (Å²) in [6, 6.07) is 4.53. The molecule has 0 unspecified atom stereocenters. The Hall–Kier alpha value is -1.43. The predicted molar refractivity (Wildman–Crippen MR) is 51.8 cm³/mol. The van der Waals surface area contributed by atoms with Gasteiger partial charge in [0.05, 0.1) is 5.56 Å². The van der Waals surface area contributed by atoms with Crippen molar-refractivity contribution in [2.45, 2.75) is 0 Å². The molecule has 0 saturated heterocycles. The first-order valence-corrected chi connectivity index (χ1v) is 4.51. The molecule has 0 aliphatic carbocycles. The van der Waals surface area contributed by atoms with E-state index in [2.05, 4.69) is 26.1 Å². The fraction of sp³-hybridized carbons (Fsp3) is 0. The highest BCUT2D eigenvalue weighted by atomic mass is 79.9. The molecule has 1 aromatic heterocycles. The molecule has 0 aliphatic rings. The van der Waals surface area contributed by atoms with Crippen LogP contribution >= 0.6 is 15.9 Å². The number of aromatic nitrogens is 2. The smallest absolute Gasteiger partial charge is 0.262 e. The highest BCUT2D eigenvalue weighted by Crippen LogP contribution is 2.24. The zero-order valence-corrected chi connectivity index (χ0v) is 8.45. The first kappa shape index (κ1) is 9.14. The maximum Gasteiger partial charge on any atom is 0.262 e. The van der Waals surface area contributed by atoms with E-state index in [-0.39, 0.29) is 17.4 Å². The lowest BCUT2D eigenvalue weighted by Crippen LogP contribution is -1.87. The van der Waals surface area contributed by atoms with Gasteiger partial charge in [0.2, 0.25) is 0 Å². The normalized spacial score (nSPS) is 10.4. The number of benzene rings is 1. The number of hydrogen-bond donors (Lipinski definition) is 1. The van der Waals surface area contributed by atoms with Crippen LogP contribution in [0.1, 0.15) is 0 Å². The van der Waals surface area contributed by atoms with Crippen molar-refractivity contribution in [2.75, 3.05) is 5.73 Å². The molecular formula is C8H5BrFN3O. The lowest BCUT2D eigenvalue weighted by molar-refractivity contribution is 0.430. The van der Waals surface area contributed by atoms with E-state index in [9.17, 15) is 4.39 Å². The maximum atomic E-state index is 13.3. The van der Waals surface area contributed by atoms with Gasteiger partial charge in [-0.25, -0.2) is 4.39 Å². The molecule has 0 atom stereocenters. The van der Waals surface area contributed by atoms with Crippen molar-refractivity contribution in [3.8, 4) is 11.5 Å². The minimum atomic E-state index is -0.442. The number of nitrogen functional groups attached to an aromatic ring is 1. The van der Waals surface area contributed by atoms with E-state index in [0.717, 1.165) is 0 Å². The minimum Gasteiger partial charge on any atom is -0.365 e. The molecule has 0 spiro atoms. The molecule has 0 saturated carbocycles. The van der Waals surface area contributed by atoms with Crippen LogP contribution < -0.4 is 5.73 Å². The predicted octanol–water partition coefficient (Wildman–Crippen LogP) is 2.22. The van der Waals surface area contributed by atoms with Gasteiger partial charge in [0.15, 0.2) is 0 Å². The molecule has 0 bridgehead atoms. The summed E-state index contributed by atoms with van der Waals surface area (Å²) in [5, 5.41) is 3.37. The van der Waals surface area contributed by atoms with E-state index in [1.54, 1.807) is 6.07 Å². The van der Waals surface area contributed by atoms with Crippen molar-refractivity contribution >= 4 is 21.9 Å². The highest BCUT2D eigenvalue weighted by molar-refractivity contribution is 9.10. The van der Waals surface area contributed by atoms with Gasteiger partial charge in [0, 0.05) is 4.47 Å². The molecular weight excluding hydrogens is 253 g/mol. The third kappa shape index (κ3) is 1.60. The van der Waals surface area contributed by atoms with Crippen LogP contribution in [-0.2, 0) is 0 Å². The highest BCUT2D eigenvalue weighted by Gasteiger charge is 2.11. The van der Waals surface area contributed by atoms with Crippen molar-refractivity contribution < 1.29 is 8.91 Å². The average molecular weight is 258 g/mol. The Bertz CT molecular complexity index is 471. The zero-order chi connectivity index (χ0) is 10.1. The average Bonchev–Trinajstić information content (AvgIpc) is 2.51. The molecule has 2 aromatic rings. The summed E-state index contributed by atoms with van der Waals surface area (Å²) in [5.74, 6) is -0.377. The van der Waals surface area contributed by atoms with Gasteiger partial charge >= 0.3 is 0 Å². The second kappa shape index (κ2) is 3.38. The van der Waals surface area contributed by atoms with Crippen LogP contribution in [0, 0.1) is 5.82 Å². The van der Waals surface area contributed by atoms with Crippen molar-refractivity contribution in [3.05, 3.63) is 28.5 Å². The molecule has 0 radical (unpaired) electrons. The fourth-order valence-corrected chi connectivity index (χ4v) is 1.34. The number of nitrogens with zero attached hydrogens (tertiary/aromatic N) is 2. The minimum absolute atomic E-state index is 0.0117. The number of nitrogens with two attached hydrogens (primary N) is 1. The van der Waals surface area contributed by atoms with E-state index in [1.807, 2.05) is 0 Å². The molecule has 6 heteroatoms. The van der Waals surface area contributed by atoms with Gasteiger partial charge in [0.25, 0.3) is 11.8 Å². The molecule has 1 heterocycles. The lowest BCUT2D eigenvalue weighted by atomic mass is 10.2. The van der Waals surface area contributed by atoms with E-state index < -0.39 is 5.82 Å². The summed E-state index contributed by atoms with van der Waals surface area (Å²) in [6.07, 6.45) is 0. The number of anilines is 1. The molecule has 1 aromatic carbocycles. The van der Waals surface area contributed by atoms with Crippen molar-refractivity contribution in [2.24, 2.45) is 0 Å². The molecule has 14 heavy (non-hydrogen) atoms. The Balaban J connectivity index is 2.52. The third-order valence-electron chi connectivity index (χ3n) is 1.60. The van der Waals surface area contributed by atoms with Crippen LogP contribution in [0.4, 0.5) is 10.3 Å². The number of rotatable bonds is 1. The second-order valence-electron chi connectivity index (χ2n) is 2.58. The topological polar surface area (TPSA) is 64.9 Å². The molecule has 0 fully saturated rings. The zero-order valence-electron chi connectivity index (χ0n) is 6.87. The largest absolute Gasteiger partial charge is 0.365 e. The van der Waals surface area contributed by atoms with Crippen molar-refractivity contribution in [1.29, 1.82) is 0 Å². The Morgan fingerprint density at radius 3 is 2.79 bits per heavy atom. The van der Waals surface area contributed by atoms with E-state index in [4.69, 9.17) is 10.3 Å². The SMILES string of the molecule is Nc1noc(-c2ccc(Br)cc2F)n1. The maximum absolute atomic E-state index is 13.3. The molecule has 2 rings (SSSR count). The van der Waals surface area contributed by atoms with Crippen LogP contribution in [0.15, 0.2) is 27.2 Å². The summed E-state index contributed by atoms with van der Waals surface area (Å²) < 4.78 is 18.7. The summed E-state index contributed by atoms with van der Waals surface area (Å²) in [5.41, 5.74) is 5.48. The third-order valence-corrected chi connectivity index (χ3v) is 2.10.